The van der Waals surface area contributed by atoms with Crippen LogP contribution in [0.15, 0.2) is 39.9 Å². The highest BCUT2D eigenvalue weighted by atomic mass is 16.2. The third kappa shape index (κ3) is 3.83. The van der Waals surface area contributed by atoms with Crippen LogP contribution in [0, 0.1) is 11.8 Å². The van der Waals surface area contributed by atoms with Crippen LogP contribution in [-0.2, 0) is 20.1 Å². The summed E-state index contributed by atoms with van der Waals surface area (Å²) in [5.41, 5.74) is 13.2. The van der Waals surface area contributed by atoms with E-state index in [1.165, 1.54) is 9.13 Å². The Morgan fingerprint density at radius 2 is 1.91 bits per heavy atom. The van der Waals surface area contributed by atoms with Crippen molar-refractivity contribution < 1.29 is 0 Å². The van der Waals surface area contributed by atoms with Crippen molar-refractivity contribution in [1.29, 1.82) is 0 Å². The van der Waals surface area contributed by atoms with E-state index in [1.807, 2.05) is 30.1 Å². The molecule has 0 unspecified atom stereocenters. The number of benzene rings is 1. The smallest absolute Gasteiger partial charge is 0.332 e. The van der Waals surface area contributed by atoms with Crippen LogP contribution in [0.3, 0.4) is 0 Å². The number of hydrogen-bond donors (Lipinski definition) is 2. The van der Waals surface area contributed by atoms with Crippen LogP contribution < -0.4 is 27.6 Å². The fourth-order valence-electron chi connectivity index (χ4n) is 3.85. The van der Waals surface area contributed by atoms with Gasteiger partial charge in [-0.15, -0.1) is 5.92 Å². The number of anilines is 2. The lowest BCUT2D eigenvalue weighted by Gasteiger charge is -2.17. The SMILES string of the molecule is CC#CCn1c(N(C)CCN)nc2c1c(=O)n(Cc1ccc3cccc(N)c3n1)c(=O)n2C. The third-order valence-electron chi connectivity index (χ3n) is 5.56. The molecule has 0 saturated heterocycles. The van der Waals surface area contributed by atoms with Gasteiger partial charge in [-0.3, -0.25) is 18.5 Å². The van der Waals surface area contributed by atoms with Gasteiger partial charge in [0.1, 0.15) is 0 Å². The highest BCUT2D eigenvalue weighted by molar-refractivity contribution is 5.89. The maximum atomic E-state index is 13.6. The topological polar surface area (TPSA) is 130 Å². The summed E-state index contributed by atoms with van der Waals surface area (Å²) in [4.78, 5) is 37.7. The van der Waals surface area contributed by atoms with Gasteiger partial charge in [0.05, 0.1) is 30.0 Å². The molecular formula is C23H26N8O2. The lowest BCUT2D eigenvalue weighted by atomic mass is 10.2. The van der Waals surface area contributed by atoms with Gasteiger partial charge in [0.25, 0.3) is 5.56 Å². The summed E-state index contributed by atoms with van der Waals surface area (Å²) in [6, 6.07) is 9.20. The highest BCUT2D eigenvalue weighted by Crippen LogP contribution is 2.20. The summed E-state index contributed by atoms with van der Waals surface area (Å²) in [6.45, 7) is 2.94. The zero-order chi connectivity index (χ0) is 23.7. The molecule has 10 nitrogen and oxygen atoms in total. The standard InChI is InChI=1S/C23H26N8O2/c1-4-5-12-30-19-20(27-22(30)28(2)13-11-24)29(3)23(33)31(21(19)32)14-16-10-9-15-7-6-8-17(25)18(15)26-16/h6-10H,11-14,24-25H2,1-3H3. The van der Waals surface area contributed by atoms with E-state index >= 15 is 0 Å². The average Bonchev–Trinajstić information content (AvgIpc) is 3.19. The maximum absolute atomic E-state index is 13.6. The van der Waals surface area contributed by atoms with Crippen molar-refractivity contribution in [3.8, 4) is 11.8 Å². The normalized spacial score (nSPS) is 11.0. The number of likely N-dealkylation sites (N-methyl/N-ethyl adjacent to an activating group) is 1. The quantitative estimate of drug-likeness (QED) is 0.326. The first kappa shape index (κ1) is 22.1. The molecular weight excluding hydrogens is 420 g/mol. The van der Waals surface area contributed by atoms with Crippen molar-refractivity contribution >= 4 is 33.7 Å². The Bertz CT molecular complexity index is 1530. The number of aryl methyl sites for hydroxylation is 1. The first-order chi connectivity index (χ1) is 15.9. The van der Waals surface area contributed by atoms with Gasteiger partial charge in [-0.2, -0.15) is 4.98 Å². The molecule has 170 valence electrons. The number of rotatable bonds is 6. The summed E-state index contributed by atoms with van der Waals surface area (Å²) in [5, 5.41) is 0.887. The van der Waals surface area contributed by atoms with Crippen molar-refractivity contribution in [2.45, 2.75) is 20.0 Å². The predicted molar refractivity (Wildman–Crippen MR) is 130 cm³/mol. The first-order valence-corrected chi connectivity index (χ1v) is 10.5. The largest absolute Gasteiger partial charge is 0.397 e. The summed E-state index contributed by atoms with van der Waals surface area (Å²) < 4.78 is 4.27. The van der Waals surface area contributed by atoms with E-state index in [9.17, 15) is 9.59 Å². The van der Waals surface area contributed by atoms with Gasteiger partial charge >= 0.3 is 5.69 Å². The third-order valence-corrected chi connectivity index (χ3v) is 5.56. The molecule has 0 fully saturated rings. The van der Waals surface area contributed by atoms with E-state index in [0.717, 1.165) is 5.39 Å². The van der Waals surface area contributed by atoms with E-state index in [-0.39, 0.29) is 13.1 Å². The van der Waals surface area contributed by atoms with Crippen molar-refractivity contribution in [3.05, 3.63) is 56.9 Å². The second kappa shape index (κ2) is 8.80. The van der Waals surface area contributed by atoms with Crippen LogP contribution in [-0.4, -0.2) is 43.8 Å². The average molecular weight is 447 g/mol. The predicted octanol–water partition coefficient (Wildman–Crippen LogP) is 0.494. The minimum Gasteiger partial charge on any atom is -0.397 e. The van der Waals surface area contributed by atoms with Gasteiger partial charge in [-0.25, -0.2) is 9.78 Å². The van der Waals surface area contributed by atoms with Gasteiger partial charge in [-0.05, 0) is 19.1 Å². The Labute approximate surface area is 190 Å². The van der Waals surface area contributed by atoms with Crippen LogP contribution in [0.1, 0.15) is 12.6 Å². The van der Waals surface area contributed by atoms with Crippen LogP contribution in [0.2, 0.25) is 0 Å². The van der Waals surface area contributed by atoms with Gasteiger partial charge in [-0.1, -0.05) is 24.1 Å². The number of imidazole rings is 1. The number of aromatic nitrogens is 5. The summed E-state index contributed by atoms with van der Waals surface area (Å²) in [6.07, 6.45) is 0. The fraction of sp³-hybridized carbons (Fsp3) is 0.304. The van der Waals surface area contributed by atoms with Gasteiger partial charge in [0, 0.05) is 32.6 Å². The van der Waals surface area contributed by atoms with E-state index in [0.29, 0.717) is 47.1 Å². The Morgan fingerprint density at radius 3 is 2.64 bits per heavy atom. The Morgan fingerprint density at radius 1 is 1.12 bits per heavy atom. The molecule has 33 heavy (non-hydrogen) atoms. The molecule has 3 heterocycles. The molecule has 0 atom stereocenters. The molecule has 0 radical (unpaired) electrons. The molecule has 0 bridgehead atoms. The molecule has 4 rings (SSSR count). The van der Waals surface area contributed by atoms with Crippen molar-refractivity contribution in [2.24, 2.45) is 12.8 Å². The molecule has 1 aromatic carbocycles. The Balaban J connectivity index is 1.92. The Kier molecular flexibility index (Phi) is 5.89. The number of nitrogens with zero attached hydrogens (tertiary/aromatic N) is 6. The minimum atomic E-state index is -0.477. The fourth-order valence-corrected chi connectivity index (χ4v) is 3.85. The zero-order valence-corrected chi connectivity index (χ0v) is 18.9. The van der Waals surface area contributed by atoms with Gasteiger partial charge in [0.2, 0.25) is 5.95 Å². The van der Waals surface area contributed by atoms with Crippen LogP contribution >= 0.6 is 0 Å². The van der Waals surface area contributed by atoms with Crippen LogP contribution in [0.25, 0.3) is 22.1 Å². The molecule has 0 spiro atoms. The molecule has 3 aromatic heterocycles. The molecule has 0 amide bonds. The molecule has 0 aliphatic heterocycles. The van der Waals surface area contributed by atoms with Crippen LogP contribution in [0.4, 0.5) is 11.6 Å². The second-order valence-electron chi connectivity index (χ2n) is 7.76. The Hall–Kier alpha value is -4.10. The highest BCUT2D eigenvalue weighted by Gasteiger charge is 2.22. The molecule has 0 aliphatic rings. The lowest BCUT2D eigenvalue weighted by Crippen LogP contribution is -2.40. The van der Waals surface area contributed by atoms with E-state index in [4.69, 9.17) is 11.5 Å². The lowest BCUT2D eigenvalue weighted by molar-refractivity contribution is 0.646. The number of pyridine rings is 1. The molecule has 0 saturated carbocycles. The van der Waals surface area contributed by atoms with Crippen molar-refractivity contribution in [3.63, 3.8) is 0 Å². The maximum Gasteiger partial charge on any atom is 0.332 e. The minimum absolute atomic E-state index is 0.00430. The number of fused-ring (bicyclic) bond motifs is 2. The molecule has 4 aromatic rings. The monoisotopic (exact) mass is 446 g/mol. The summed E-state index contributed by atoms with van der Waals surface area (Å²) in [7, 11) is 3.44. The number of nitrogens with two attached hydrogens (primary N) is 2. The van der Waals surface area contributed by atoms with E-state index in [2.05, 4.69) is 21.8 Å². The summed E-state index contributed by atoms with van der Waals surface area (Å²) in [5.74, 6) is 6.37. The second-order valence-corrected chi connectivity index (χ2v) is 7.76. The first-order valence-electron chi connectivity index (χ1n) is 10.5. The number of para-hydroxylation sites is 1. The number of nitrogen functional groups attached to an aromatic ring is 1. The molecule has 4 N–H and O–H groups in total. The van der Waals surface area contributed by atoms with Gasteiger partial charge < -0.3 is 16.4 Å². The summed E-state index contributed by atoms with van der Waals surface area (Å²) >= 11 is 0. The van der Waals surface area contributed by atoms with Crippen molar-refractivity contribution in [2.75, 3.05) is 30.8 Å². The van der Waals surface area contributed by atoms with E-state index < -0.39 is 11.2 Å². The van der Waals surface area contributed by atoms with Crippen LogP contribution in [0.5, 0.6) is 0 Å². The van der Waals surface area contributed by atoms with Crippen molar-refractivity contribution in [1.82, 2.24) is 23.7 Å². The zero-order valence-electron chi connectivity index (χ0n) is 18.9. The number of hydrogen-bond acceptors (Lipinski definition) is 7. The molecule has 10 heteroatoms. The van der Waals surface area contributed by atoms with Gasteiger partial charge in [0.15, 0.2) is 11.2 Å². The van der Waals surface area contributed by atoms with E-state index in [1.54, 1.807) is 30.7 Å². The molecule has 0 aliphatic carbocycles.